The second kappa shape index (κ2) is 32.5. The van der Waals surface area contributed by atoms with E-state index >= 15 is 0 Å². The highest BCUT2D eigenvalue weighted by Crippen LogP contribution is 2.52. The molecule has 86 heavy (non-hydrogen) atoms. The number of carbonyl (C=O) groups excluding carboxylic acids is 8. The molecular formula is C67H69F6N3O10. The van der Waals surface area contributed by atoms with Gasteiger partial charge in [0.2, 0.25) is 5.91 Å². The third kappa shape index (κ3) is 19.5. The summed E-state index contributed by atoms with van der Waals surface area (Å²) in [5, 5.41) is 3.90. The molecule has 0 saturated carbocycles. The first-order valence-corrected chi connectivity index (χ1v) is 27.1. The lowest BCUT2D eigenvalue weighted by Gasteiger charge is -2.34. The molecule has 5 amide bonds. The van der Waals surface area contributed by atoms with E-state index < -0.39 is 52.5 Å². The Kier molecular flexibility index (Phi) is 26.7. The number of ketones is 2. The van der Waals surface area contributed by atoms with Gasteiger partial charge in [-0.15, -0.1) is 0 Å². The number of carbonyl (C=O) groups is 8. The molecule has 0 aromatic heterocycles. The highest BCUT2D eigenvalue weighted by atomic mass is 19.4. The zero-order valence-electron chi connectivity index (χ0n) is 49.7. The summed E-state index contributed by atoms with van der Waals surface area (Å²) in [7, 11) is 1.68. The minimum Gasteiger partial charge on any atom is -0.457 e. The summed E-state index contributed by atoms with van der Waals surface area (Å²) in [6.45, 7) is 18.6. The van der Waals surface area contributed by atoms with Crippen LogP contribution < -0.4 is 25.0 Å². The molecule has 1 aliphatic rings. The smallest absolute Gasteiger partial charge is 0.406 e. The first-order valence-electron chi connectivity index (χ1n) is 27.1. The van der Waals surface area contributed by atoms with Gasteiger partial charge in [0.15, 0.2) is 23.3 Å². The van der Waals surface area contributed by atoms with E-state index in [-0.39, 0.29) is 46.7 Å². The van der Waals surface area contributed by atoms with Gasteiger partial charge in [-0.3, -0.25) is 49.0 Å². The average molecular weight is 1190 g/mol. The fourth-order valence-corrected chi connectivity index (χ4v) is 7.60. The maximum Gasteiger partial charge on any atom is 0.406 e. The van der Waals surface area contributed by atoms with Gasteiger partial charge >= 0.3 is 12.4 Å². The lowest BCUT2D eigenvalue weighted by molar-refractivity contribution is -0.297. The van der Waals surface area contributed by atoms with Crippen molar-refractivity contribution < 1.29 is 74.2 Å². The van der Waals surface area contributed by atoms with Gasteiger partial charge in [0.1, 0.15) is 23.0 Å². The second-order valence-corrected chi connectivity index (χ2v) is 19.4. The lowest BCUT2D eigenvalue weighted by atomic mass is 9.80. The van der Waals surface area contributed by atoms with Crippen molar-refractivity contribution in [2.45, 2.75) is 106 Å². The summed E-state index contributed by atoms with van der Waals surface area (Å²) in [5.74, 6) is 0.0000246. The molecule has 454 valence electrons. The van der Waals surface area contributed by atoms with E-state index in [0.29, 0.717) is 46.9 Å². The number of para-hydroxylation sites is 1. The van der Waals surface area contributed by atoms with Crippen molar-refractivity contribution in [3.05, 3.63) is 219 Å². The molecule has 0 bridgehead atoms. The summed E-state index contributed by atoms with van der Waals surface area (Å²) >= 11 is 0. The number of anilines is 1. The number of Topliss-reactive ketones (excluding diaryl/α,β-unsaturated/α-hetero) is 2. The van der Waals surface area contributed by atoms with Gasteiger partial charge in [-0.1, -0.05) is 120 Å². The molecule has 1 aliphatic heterocycles. The average Bonchev–Trinajstić information content (AvgIpc) is 1.16. The van der Waals surface area contributed by atoms with Crippen LogP contribution in [0.5, 0.6) is 23.0 Å². The van der Waals surface area contributed by atoms with Crippen molar-refractivity contribution in [3.63, 3.8) is 0 Å². The molecule has 2 N–H and O–H groups in total. The third-order valence-corrected chi connectivity index (χ3v) is 12.4. The zero-order chi connectivity index (χ0) is 64.7. The SMILES string of the molecule is CC.CC(=O)NC(=O)c1ccc(C(C)=O)c(C(C)=O)c1.CC(c1ccc2c(c1)C(=O)NC2=O)(C(F)(F)F)C(F)(F)F.CCC.CN(C(=O)c1ccccc1C=O)c1ccc(Oc2ccccc2)cc1.Cc1ccc(Oc2ccc(C(C)C)cc2)cc1. The molecule has 0 spiro atoms. The molecule has 8 rings (SSSR count). The van der Waals surface area contributed by atoms with E-state index in [4.69, 9.17) is 9.47 Å². The van der Waals surface area contributed by atoms with Crippen molar-refractivity contribution in [2.75, 3.05) is 11.9 Å². The number of hydrogen-bond donors (Lipinski definition) is 2. The van der Waals surface area contributed by atoms with Crippen LogP contribution >= 0.6 is 0 Å². The van der Waals surface area contributed by atoms with Crippen molar-refractivity contribution in [1.29, 1.82) is 0 Å². The van der Waals surface area contributed by atoms with Gasteiger partial charge in [-0.2, -0.15) is 26.3 Å². The van der Waals surface area contributed by atoms with Gasteiger partial charge in [-0.25, -0.2) is 0 Å². The van der Waals surface area contributed by atoms with Gasteiger partial charge in [0.25, 0.3) is 23.6 Å². The molecule has 7 aromatic rings. The number of ether oxygens (including phenoxy) is 2. The number of nitrogens with zero attached hydrogens (tertiary/aromatic N) is 1. The summed E-state index contributed by atoms with van der Waals surface area (Å²) in [5.41, 5.74) is -1.38. The van der Waals surface area contributed by atoms with Crippen LogP contribution in [0.25, 0.3) is 0 Å². The van der Waals surface area contributed by atoms with E-state index in [0.717, 1.165) is 23.3 Å². The van der Waals surface area contributed by atoms with E-state index in [2.05, 4.69) is 64.2 Å². The number of aldehydes is 1. The van der Waals surface area contributed by atoms with Crippen LogP contribution in [-0.2, 0) is 10.2 Å². The van der Waals surface area contributed by atoms with Gasteiger partial charge in [0, 0.05) is 41.9 Å². The van der Waals surface area contributed by atoms with Gasteiger partial charge < -0.3 is 14.4 Å². The quantitative estimate of drug-likeness (QED) is 0.0517. The Hall–Kier alpha value is -9.52. The van der Waals surface area contributed by atoms with Gasteiger partial charge in [-0.05, 0) is 142 Å². The van der Waals surface area contributed by atoms with E-state index in [1.165, 1.54) is 61.4 Å². The van der Waals surface area contributed by atoms with Crippen LogP contribution in [0.3, 0.4) is 0 Å². The minimum atomic E-state index is -5.61. The Morgan fingerprint density at radius 1 is 0.593 bits per heavy atom. The number of rotatable bonds is 12. The monoisotopic (exact) mass is 1190 g/mol. The molecule has 7 aromatic carbocycles. The number of imide groups is 2. The predicted octanol–water partition coefficient (Wildman–Crippen LogP) is 16.2. The molecule has 0 fully saturated rings. The molecule has 0 atom stereocenters. The molecule has 1 heterocycles. The summed E-state index contributed by atoms with van der Waals surface area (Å²) in [6.07, 6.45) is -9.28. The number of amides is 5. The van der Waals surface area contributed by atoms with Crippen molar-refractivity contribution >= 4 is 53.1 Å². The highest BCUT2D eigenvalue weighted by molar-refractivity contribution is 6.21. The summed E-state index contributed by atoms with van der Waals surface area (Å²) < 4.78 is 89.1. The van der Waals surface area contributed by atoms with Crippen LogP contribution in [-0.4, -0.2) is 66.8 Å². The lowest BCUT2D eigenvalue weighted by Crippen LogP contribution is -2.51. The van der Waals surface area contributed by atoms with Crippen molar-refractivity contribution in [3.8, 4) is 23.0 Å². The summed E-state index contributed by atoms with van der Waals surface area (Å²) in [4.78, 5) is 93.0. The number of fused-ring (bicyclic) bond motifs is 1. The number of hydrogen-bond acceptors (Lipinski definition) is 10. The molecule has 0 saturated heterocycles. The van der Waals surface area contributed by atoms with E-state index in [1.807, 2.05) is 68.4 Å². The van der Waals surface area contributed by atoms with Crippen LogP contribution in [0.2, 0.25) is 0 Å². The maximum absolute atomic E-state index is 12.9. The van der Waals surface area contributed by atoms with Crippen LogP contribution in [0, 0.1) is 6.92 Å². The number of alkyl halides is 6. The molecule has 0 unspecified atom stereocenters. The highest BCUT2D eigenvalue weighted by Gasteiger charge is 2.68. The Bertz CT molecular complexity index is 3440. The van der Waals surface area contributed by atoms with E-state index in [1.54, 1.807) is 60.9 Å². The fraction of sp³-hybridized carbons (Fsp3) is 0.254. The van der Waals surface area contributed by atoms with Crippen molar-refractivity contribution in [1.82, 2.24) is 10.6 Å². The van der Waals surface area contributed by atoms with E-state index in [9.17, 15) is 64.7 Å². The first kappa shape index (κ1) is 70.7. The second-order valence-electron chi connectivity index (χ2n) is 19.4. The molecule has 0 radical (unpaired) electrons. The maximum atomic E-state index is 12.9. The zero-order valence-corrected chi connectivity index (χ0v) is 49.7. The Balaban J connectivity index is 0.000000295. The Labute approximate surface area is 496 Å². The predicted molar refractivity (Wildman–Crippen MR) is 319 cm³/mol. The Morgan fingerprint density at radius 3 is 1.53 bits per heavy atom. The topological polar surface area (TPSA) is 182 Å². The molecular weight excluding hydrogens is 1120 g/mol. The third-order valence-electron chi connectivity index (χ3n) is 12.4. The number of benzene rings is 7. The minimum absolute atomic E-state index is 0.0105. The Morgan fingerprint density at radius 2 is 1.06 bits per heavy atom. The largest absolute Gasteiger partial charge is 0.457 e. The number of nitrogens with one attached hydrogen (secondary N) is 2. The normalized spacial score (nSPS) is 11.2. The summed E-state index contributed by atoms with van der Waals surface area (Å²) in [6, 6.07) is 45.7. The van der Waals surface area contributed by atoms with Crippen molar-refractivity contribution in [2.24, 2.45) is 0 Å². The standard InChI is InChI=1S/C21H17NO3.C16H18O.C13H13NO4.C12H7F6NO2.C3H8.C2H6/c1-22(21(24)20-10-6-5-7-16(20)15-23)17-11-13-19(14-12-17)25-18-8-3-2-4-9-18;1-12(2)14-6-10-16(11-7-14)17-15-8-4-13(3)5-9-15;1-7(15)11-5-4-10(6-12(11)8(2)16)13(18)14-9(3)17;1-10(11(13,14)15,12(16,17)18)5-2-3-6-7(4-5)9(21)19-8(6)20;1-3-2;1-2/h2-15H,1H3;4-12H,1-3H3;4-6H,1-3H3,(H,14,17,18);2-4H,1H3,(H,19,20,21);3H2,1-2H3;1-2H3. The van der Waals surface area contributed by atoms with Crippen LogP contribution in [0.4, 0.5) is 32.0 Å². The molecule has 13 nitrogen and oxygen atoms in total. The number of halogens is 6. The van der Waals surface area contributed by atoms with Crippen LogP contribution in [0.1, 0.15) is 171 Å². The molecule has 19 heteroatoms. The molecule has 0 aliphatic carbocycles. The first-order chi connectivity index (χ1) is 40.5. The fourth-order valence-electron chi connectivity index (χ4n) is 7.60. The number of aryl methyl sites for hydroxylation is 1. The van der Waals surface area contributed by atoms with Gasteiger partial charge in [0.05, 0.1) is 16.7 Å². The van der Waals surface area contributed by atoms with Crippen LogP contribution in [0.15, 0.2) is 164 Å².